The predicted octanol–water partition coefficient (Wildman–Crippen LogP) is 1.01. The zero-order chi connectivity index (χ0) is 17.9. The van der Waals surface area contributed by atoms with Crippen molar-refractivity contribution >= 4 is 0 Å². The van der Waals surface area contributed by atoms with E-state index in [0.29, 0.717) is 19.4 Å². The highest BCUT2D eigenvalue weighted by Gasteiger charge is 2.42. The van der Waals surface area contributed by atoms with Crippen molar-refractivity contribution in [2.75, 3.05) is 26.2 Å². The molecule has 2 atom stereocenters. The second kappa shape index (κ2) is 7.59. The first-order valence-electron chi connectivity index (χ1n) is 8.62. The average Bonchev–Trinajstić information content (AvgIpc) is 3.02. The van der Waals surface area contributed by atoms with Gasteiger partial charge in [0.2, 0.25) is 0 Å². The number of likely N-dealkylation sites (tertiary alicyclic amines) is 1. The van der Waals surface area contributed by atoms with E-state index in [4.69, 9.17) is 0 Å². The number of aliphatic hydroxyl groups is 2. The van der Waals surface area contributed by atoms with Crippen molar-refractivity contribution < 1.29 is 14.6 Å². The number of aryl methyl sites for hydroxylation is 1. The van der Waals surface area contributed by atoms with Crippen molar-refractivity contribution in [3.05, 3.63) is 47.8 Å². The number of piperidine rings is 1. The van der Waals surface area contributed by atoms with Crippen LogP contribution in [0.4, 0.5) is 4.39 Å². The average molecular weight is 348 g/mol. The summed E-state index contributed by atoms with van der Waals surface area (Å²) < 4.78 is 15.1. The first-order chi connectivity index (χ1) is 12.0. The highest BCUT2D eigenvalue weighted by atomic mass is 19.1. The summed E-state index contributed by atoms with van der Waals surface area (Å²) in [6.45, 7) is 4.77. The van der Waals surface area contributed by atoms with Crippen molar-refractivity contribution in [1.29, 1.82) is 0 Å². The van der Waals surface area contributed by atoms with Crippen molar-refractivity contribution in [3.8, 4) is 0 Å². The van der Waals surface area contributed by atoms with Gasteiger partial charge in [-0.2, -0.15) is 0 Å². The highest BCUT2D eigenvalue weighted by molar-refractivity contribution is 5.19. The maximum atomic E-state index is 13.1. The van der Waals surface area contributed by atoms with Gasteiger partial charge in [0.1, 0.15) is 18.0 Å². The lowest BCUT2D eigenvalue weighted by molar-refractivity contribution is -0.0753. The van der Waals surface area contributed by atoms with Gasteiger partial charge in [-0.1, -0.05) is 12.1 Å². The monoisotopic (exact) mass is 348 g/mol. The molecule has 3 rings (SSSR count). The molecule has 2 N–H and O–H groups in total. The predicted molar refractivity (Wildman–Crippen MR) is 91.4 cm³/mol. The van der Waals surface area contributed by atoms with Gasteiger partial charge in [0.05, 0.1) is 12.7 Å². The summed E-state index contributed by atoms with van der Waals surface area (Å²) >= 11 is 0. The Bertz CT molecular complexity index is 691. The second-order valence-electron chi connectivity index (χ2n) is 6.98. The Morgan fingerprint density at radius 1 is 1.28 bits per heavy atom. The van der Waals surface area contributed by atoms with Crippen molar-refractivity contribution in [3.63, 3.8) is 0 Å². The topological polar surface area (TPSA) is 74.4 Å². The molecular formula is C18H25FN4O2. The Labute approximate surface area is 146 Å². The lowest BCUT2D eigenvalue weighted by Gasteiger charge is -2.45. The summed E-state index contributed by atoms with van der Waals surface area (Å²) in [5.74, 6) is 0.591. The van der Waals surface area contributed by atoms with Gasteiger partial charge in [-0.15, -0.1) is 10.2 Å². The van der Waals surface area contributed by atoms with Crippen LogP contribution in [0.5, 0.6) is 0 Å². The molecule has 0 bridgehead atoms. The standard InChI is InChI=1S/C18H25FN4O2/c1-14-21-20-13-23(14)9-8-22-7-6-17(25)18(11-22,12-24)10-15-2-4-16(19)5-3-15/h2-5,13,17,24-25H,6-12H2,1H3/t17-,18-/m0/s1. The maximum Gasteiger partial charge on any atom is 0.129 e. The molecule has 136 valence electrons. The van der Waals surface area contributed by atoms with Crippen LogP contribution in [0.25, 0.3) is 0 Å². The normalized spacial score (nSPS) is 24.6. The fourth-order valence-corrected chi connectivity index (χ4v) is 3.61. The third-order valence-corrected chi connectivity index (χ3v) is 5.21. The molecule has 0 spiro atoms. The molecule has 2 aromatic rings. The fraction of sp³-hybridized carbons (Fsp3) is 0.556. The number of hydrogen-bond donors (Lipinski definition) is 2. The Balaban J connectivity index is 1.68. The van der Waals surface area contributed by atoms with E-state index in [1.165, 1.54) is 12.1 Å². The summed E-state index contributed by atoms with van der Waals surface area (Å²) in [4.78, 5) is 2.26. The Hall–Kier alpha value is -1.83. The molecule has 0 radical (unpaired) electrons. The molecule has 0 unspecified atom stereocenters. The lowest BCUT2D eigenvalue weighted by Crippen LogP contribution is -2.55. The largest absolute Gasteiger partial charge is 0.396 e. The fourth-order valence-electron chi connectivity index (χ4n) is 3.61. The quantitative estimate of drug-likeness (QED) is 0.815. The van der Waals surface area contributed by atoms with Crippen molar-refractivity contribution in [1.82, 2.24) is 19.7 Å². The van der Waals surface area contributed by atoms with Crippen molar-refractivity contribution in [2.24, 2.45) is 5.41 Å². The van der Waals surface area contributed by atoms with Crippen LogP contribution in [0.3, 0.4) is 0 Å². The van der Waals surface area contributed by atoms with Crippen LogP contribution in [-0.4, -0.2) is 62.2 Å². The summed E-state index contributed by atoms with van der Waals surface area (Å²) in [5.41, 5.74) is 0.296. The van der Waals surface area contributed by atoms with E-state index in [1.54, 1.807) is 18.5 Å². The van der Waals surface area contributed by atoms with E-state index in [0.717, 1.165) is 31.0 Å². The van der Waals surface area contributed by atoms with E-state index in [2.05, 4.69) is 15.1 Å². The molecule has 6 nitrogen and oxygen atoms in total. The number of rotatable bonds is 6. The van der Waals surface area contributed by atoms with Crippen LogP contribution in [0.2, 0.25) is 0 Å². The summed E-state index contributed by atoms with van der Waals surface area (Å²) in [6, 6.07) is 6.28. The number of benzene rings is 1. The van der Waals surface area contributed by atoms with Gasteiger partial charge in [0.15, 0.2) is 0 Å². The van der Waals surface area contributed by atoms with E-state index < -0.39 is 11.5 Å². The van der Waals surface area contributed by atoms with Crippen LogP contribution in [-0.2, 0) is 13.0 Å². The summed E-state index contributed by atoms with van der Waals surface area (Å²) in [7, 11) is 0. The van der Waals surface area contributed by atoms with Gasteiger partial charge in [0.25, 0.3) is 0 Å². The first kappa shape index (κ1) is 18.0. The van der Waals surface area contributed by atoms with Crippen LogP contribution >= 0.6 is 0 Å². The van der Waals surface area contributed by atoms with Crippen LogP contribution in [0.1, 0.15) is 17.8 Å². The second-order valence-corrected chi connectivity index (χ2v) is 6.98. The molecule has 1 fully saturated rings. The summed E-state index contributed by atoms with van der Waals surface area (Å²) in [6.07, 6.45) is 2.28. The van der Waals surface area contributed by atoms with Crippen molar-refractivity contribution in [2.45, 2.75) is 32.4 Å². The maximum absolute atomic E-state index is 13.1. The van der Waals surface area contributed by atoms with E-state index in [9.17, 15) is 14.6 Å². The Kier molecular flexibility index (Phi) is 5.46. The van der Waals surface area contributed by atoms with Gasteiger partial charge in [-0.3, -0.25) is 0 Å². The number of hydrogen-bond acceptors (Lipinski definition) is 5. The highest BCUT2D eigenvalue weighted by Crippen LogP contribution is 2.34. The van der Waals surface area contributed by atoms with E-state index in [1.807, 2.05) is 11.5 Å². The van der Waals surface area contributed by atoms with E-state index >= 15 is 0 Å². The molecule has 1 saturated heterocycles. The number of aliphatic hydroxyl groups excluding tert-OH is 2. The number of halogens is 1. The first-order valence-corrected chi connectivity index (χ1v) is 8.62. The molecule has 25 heavy (non-hydrogen) atoms. The Morgan fingerprint density at radius 3 is 2.68 bits per heavy atom. The minimum atomic E-state index is -0.627. The molecule has 0 aliphatic carbocycles. The van der Waals surface area contributed by atoms with Crippen LogP contribution < -0.4 is 0 Å². The van der Waals surface area contributed by atoms with Gasteiger partial charge in [-0.25, -0.2) is 4.39 Å². The Morgan fingerprint density at radius 2 is 2.04 bits per heavy atom. The van der Waals surface area contributed by atoms with Gasteiger partial charge < -0.3 is 19.7 Å². The van der Waals surface area contributed by atoms with Crippen LogP contribution in [0, 0.1) is 18.2 Å². The molecule has 1 aromatic carbocycles. The summed E-state index contributed by atoms with van der Waals surface area (Å²) in [5, 5.41) is 28.5. The zero-order valence-corrected chi connectivity index (χ0v) is 14.5. The minimum absolute atomic E-state index is 0.103. The third kappa shape index (κ3) is 4.05. The zero-order valence-electron chi connectivity index (χ0n) is 14.5. The van der Waals surface area contributed by atoms with Gasteiger partial charge in [-0.05, 0) is 37.5 Å². The number of nitrogens with zero attached hydrogens (tertiary/aromatic N) is 4. The minimum Gasteiger partial charge on any atom is -0.396 e. The lowest BCUT2D eigenvalue weighted by atomic mass is 9.73. The molecule has 7 heteroatoms. The molecule has 2 heterocycles. The van der Waals surface area contributed by atoms with Gasteiger partial charge in [0, 0.05) is 31.6 Å². The third-order valence-electron chi connectivity index (χ3n) is 5.21. The molecule has 1 aromatic heterocycles. The van der Waals surface area contributed by atoms with E-state index in [-0.39, 0.29) is 12.4 Å². The molecular weight excluding hydrogens is 323 g/mol. The SMILES string of the molecule is Cc1nncn1CCN1CC[C@H](O)[C@@](CO)(Cc2ccc(F)cc2)C1. The number of aromatic nitrogens is 3. The molecule has 0 amide bonds. The molecule has 1 aliphatic heterocycles. The smallest absolute Gasteiger partial charge is 0.129 e. The van der Waals surface area contributed by atoms with Crippen LogP contribution in [0.15, 0.2) is 30.6 Å². The molecule has 1 aliphatic rings. The molecule has 0 saturated carbocycles. The van der Waals surface area contributed by atoms with Gasteiger partial charge >= 0.3 is 0 Å².